The van der Waals surface area contributed by atoms with Crippen LogP contribution in [0.15, 0.2) is 24.3 Å². The van der Waals surface area contributed by atoms with Gasteiger partial charge >= 0.3 is 0 Å². The van der Waals surface area contributed by atoms with Gasteiger partial charge in [0.2, 0.25) is 5.91 Å². The minimum absolute atomic E-state index is 0.0000508. The molecule has 3 rings (SSSR count). The standard InChI is InChI=1S/C18H26N4O/c1-4-21-15-9-6-5-8-14(15)20-17(21)16-10-7-11-22(16)18(23)13(2)12-19-3/h5-6,8-9,13,16,19H,4,7,10-12H2,1-3H3. The zero-order chi connectivity index (χ0) is 16.4. The Balaban J connectivity index is 1.95. The molecule has 0 saturated carbocycles. The van der Waals surface area contributed by atoms with Gasteiger partial charge in [-0.2, -0.15) is 0 Å². The molecule has 2 heterocycles. The second kappa shape index (κ2) is 6.71. The van der Waals surface area contributed by atoms with Gasteiger partial charge in [0.1, 0.15) is 5.82 Å². The fourth-order valence-electron chi connectivity index (χ4n) is 3.66. The first-order valence-corrected chi connectivity index (χ1v) is 8.57. The highest BCUT2D eigenvalue weighted by molar-refractivity contribution is 5.80. The summed E-state index contributed by atoms with van der Waals surface area (Å²) in [6.45, 7) is 6.57. The van der Waals surface area contributed by atoms with Crippen molar-refractivity contribution in [3.63, 3.8) is 0 Å². The highest BCUT2D eigenvalue weighted by Crippen LogP contribution is 2.34. The number of amides is 1. The van der Waals surface area contributed by atoms with Crippen LogP contribution in [0.2, 0.25) is 0 Å². The van der Waals surface area contributed by atoms with Gasteiger partial charge in [-0.15, -0.1) is 0 Å². The van der Waals surface area contributed by atoms with Gasteiger partial charge in [0.05, 0.1) is 17.1 Å². The molecule has 5 nitrogen and oxygen atoms in total. The van der Waals surface area contributed by atoms with Gasteiger partial charge in [0.15, 0.2) is 0 Å². The number of carbonyl (C=O) groups excluding carboxylic acids is 1. The van der Waals surface area contributed by atoms with E-state index in [9.17, 15) is 4.79 Å². The summed E-state index contributed by atoms with van der Waals surface area (Å²) in [5.74, 6) is 1.27. The number of rotatable bonds is 5. The number of aromatic nitrogens is 2. The average Bonchev–Trinajstić information content (AvgIpc) is 3.17. The Hall–Kier alpha value is -1.88. The molecule has 1 aliphatic rings. The lowest BCUT2D eigenvalue weighted by Crippen LogP contribution is -2.38. The van der Waals surface area contributed by atoms with Crippen molar-refractivity contribution in [1.29, 1.82) is 0 Å². The number of hydrogen-bond donors (Lipinski definition) is 1. The number of nitrogens with zero attached hydrogens (tertiary/aromatic N) is 3. The number of benzene rings is 1. The molecule has 0 radical (unpaired) electrons. The third kappa shape index (κ3) is 2.85. The van der Waals surface area contributed by atoms with Crippen molar-refractivity contribution in [3.05, 3.63) is 30.1 Å². The van der Waals surface area contributed by atoms with E-state index in [1.165, 1.54) is 0 Å². The molecule has 124 valence electrons. The van der Waals surface area contributed by atoms with Gasteiger partial charge in [-0.3, -0.25) is 4.79 Å². The first-order valence-electron chi connectivity index (χ1n) is 8.57. The molecule has 1 aromatic heterocycles. The lowest BCUT2D eigenvalue weighted by Gasteiger charge is -2.27. The van der Waals surface area contributed by atoms with Crippen molar-refractivity contribution in [1.82, 2.24) is 19.8 Å². The minimum atomic E-state index is 0.0000508. The van der Waals surface area contributed by atoms with Crippen molar-refractivity contribution >= 4 is 16.9 Å². The monoisotopic (exact) mass is 314 g/mol. The number of imidazole rings is 1. The molecule has 5 heteroatoms. The van der Waals surface area contributed by atoms with Crippen LogP contribution in [0.1, 0.15) is 38.6 Å². The minimum Gasteiger partial charge on any atom is -0.332 e. The van der Waals surface area contributed by atoms with E-state index in [0.717, 1.165) is 42.8 Å². The Morgan fingerprint density at radius 1 is 1.43 bits per heavy atom. The maximum Gasteiger partial charge on any atom is 0.227 e. The number of carbonyl (C=O) groups is 1. The van der Waals surface area contributed by atoms with Crippen molar-refractivity contribution < 1.29 is 4.79 Å². The number of likely N-dealkylation sites (tertiary alicyclic amines) is 1. The largest absolute Gasteiger partial charge is 0.332 e. The molecule has 1 saturated heterocycles. The summed E-state index contributed by atoms with van der Waals surface area (Å²) in [5.41, 5.74) is 2.18. The van der Waals surface area contributed by atoms with E-state index >= 15 is 0 Å². The number of nitrogens with one attached hydrogen (secondary N) is 1. The normalized spacial score (nSPS) is 19.4. The van der Waals surface area contributed by atoms with Crippen LogP contribution in [0, 0.1) is 5.92 Å². The third-order valence-electron chi connectivity index (χ3n) is 4.77. The predicted molar refractivity (Wildman–Crippen MR) is 92.2 cm³/mol. The smallest absolute Gasteiger partial charge is 0.227 e. The fourth-order valence-corrected chi connectivity index (χ4v) is 3.66. The number of aryl methyl sites for hydroxylation is 1. The van der Waals surface area contributed by atoms with Crippen LogP contribution in [0.25, 0.3) is 11.0 Å². The van der Waals surface area contributed by atoms with Gasteiger partial charge in [-0.1, -0.05) is 19.1 Å². The van der Waals surface area contributed by atoms with Crippen LogP contribution in [0.4, 0.5) is 0 Å². The summed E-state index contributed by atoms with van der Waals surface area (Å²) in [7, 11) is 1.89. The summed E-state index contributed by atoms with van der Waals surface area (Å²) in [4.78, 5) is 19.7. The van der Waals surface area contributed by atoms with Gasteiger partial charge < -0.3 is 14.8 Å². The van der Waals surface area contributed by atoms with Crippen LogP contribution >= 0.6 is 0 Å². The van der Waals surface area contributed by atoms with E-state index in [1.54, 1.807) is 0 Å². The average molecular weight is 314 g/mol. The quantitative estimate of drug-likeness (QED) is 0.923. The molecule has 0 bridgehead atoms. The predicted octanol–water partition coefficient (Wildman–Crippen LogP) is 2.58. The summed E-state index contributed by atoms with van der Waals surface area (Å²) >= 11 is 0. The second-order valence-corrected chi connectivity index (χ2v) is 6.35. The Labute approximate surface area is 137 Å². The fraction of sp³-hybridized carbons (Fsp3) is 0.556. The molecule has 2 unspecified atom stereocenters. The highest BCUT2D eigenvalue weighted by Gasteiger charge is 2.35. The molecular formula is C18H26N4O. The molecule has 2 aromatic rings. The molecule has 1 aromatic carbocycles. The Kier molecular flexibility index (Phi) is 4.66. The zero-order valence-corrected chi connectivity index (χ0v) is 14.2. The first kappa shape index (κ1) is 16.0. The molecule has 23 heavy (non-hydrogen) atoms. The lowest BCUT2D eigenvalue weighted by atomic mass is 10.1. The van der Waals surface area contributed by atoms with Crippen LogP contribution in [-0.4, -0.2) is 40.5 Å². The molecule has 0 spiro atoms. The van der Waals surface area contributed by atoms with Gasteiger partial charge in [-0.05, 0) is 38.9 Å². The summed E-state index contributed by atoms with van der Waals surface area (Å²) in [6, 6.07) is 8.34. The van der Waals surface area contributed by atoms with E-state index in [2.05, 4.69) is 28.9 Å². The second-order valence-electron chi connectivity index (χ2n) is 6.35. The van der Waals surface area contributed by atoms with E-state index in [1.807, 2.05) is 31.0 Å². The maximum absolute atomic E-state index is 12.8. The number of hydrogen-bond acceptors (Lipinski definition) is 3. The number of para-hydroxylation sites is 2. The van der Waals surface area contributed by atoms with E-state index in [0.29, 0.717) is 6.54 Å². The molecule has 1 fully saturated rings. The maximum atomic E-state index is 12.8. The molecule has 1 aliphatic heterocycles. The van der Waals surface area contributed by atoms with Gasteiger partial charge in [0, 0.05) is 25.6 Å². The van der Waals surface area contributed by atoms with Crippen molar-refractivity contribution in [3.8, 4) is 0 Å². The zero-order valence-electron chi connectivity index (χ0n) is 14.2. The van der Waals surface area contributed by atoms with Gasteiger partial charge in [-0.25, -0.2) is 4.98 Å². The van der Waals surface area contributed by atoms with E-state index in [4.69, 9.17) is 4.98 Å². The molecular weight excluding hydrogens is 288 g/mol. The SMILES string of the molecule is CCn1c(C2CCCN2C(=O)C(C)CNC)nc2ccccc21. The Morgan fingerprint density at radius 3 is 2.96 bits per heavy atom. The van der Waals surface area contributed by atoms with Crippen molar-refractivity contribution in [2.45, 2.75) is 39.3 Å². The van der Waals surface area contributed by atoms with Crippen LogP contribution in [0.3, 0.4) is 0 Å². The van der Waals surface area contributed by atoms with Gasteiger partial charge in [0.25, 0.3) is 0 Å². The van der Waals surface area contributed by atoms with Crippen LogP contribution in [-0.2, 0) is 11.3 Å². The summed E-state index contributed by atoms with van der Waals surface area (Å²) in [5, 5.41) is 3.10. The van der Waals surface area contributed by atoms with Crippen LogP contribution in [0.5, 0.6) is 0 Å². The highest BCUT2D eigenvalue weighted by atomic mass is 16.2. The molecule has 0 aliphatic carbocycles. The first-order chi connectivity index (χ1) is 11.2. The molecule has 2 atom stereocenters. The molecule has 1 amide bonds. The Morgan fingerprint density at radius 2 is 2.22 bits per heavy atom. The van der Waals surface area contributed by atoms with Crippen molar-refractivity contribution in [2.24, 2.45) is 5.92 Å². The number of fused-ring (bicyclic) bond motifs is 1. The van der Waals surface area contributed by atoms with Crippen molar-refractivity contribution in [2.75, 3.05) is 20.1 Å². The summed E-state index contributed by atoms with van der Waals surface area (Å²) in [6.07, 6.45) is 2.05. The molecule has 1 N–H and O–H groups in total. The summed E-state index contributed by atoms with van der Waals surface area (Å²) < 4.78 is 2.26. The van der Waals surface area contributed by atoms with E-state index in [-0.39, 0.29) is 17.9 Å². The Bertz CT molecular complexity index is 693. The topological polar surface area (TPSA) is 50.2 Å². The third-order valence-corrected chi connectivity index (χ3v) is 4.77. The van der Waals surface area contributed by atoms with Crippen LogP contribution < -0.4 is 5.32 Å². The van der Waals surface area contributed by atoms with E-state index < -0.39 is 0 Å². The lowest BCUT2D eigenvalue weighted by molar-refractivity contribution is -0.136.